The van der Waals surface area contributed by atoms with Gasteiger partial charge in [0.25, 0.3) is 0 Å². The number of carbonyl (C=O) groups is 1. The van der Waals surface area contributed by atoms with Crippen molar-refractivity contribution in [2.45, 2.75) is 6.54 Å². The highest BCUT2D eigenvalue weighted by Crippen LogP contribution is 2.25. The van der Waals surface area contributed by atoms with Crippen molar-refractivity contribution in [1.29, 1.82) is 0 Å². The van der Waals surface area contributed by atoms with Crippen molar-refractivity contribution in [2.24, 2.45) is 5.73 Å². The molecule has 4 nitrogen and oxygen atoms in total. The zero-order chi connectivity index (χ0) is 13.8. The van der Waals surface area contributed by atoms with Crippen molar-refractivity contribution < 1.29 is 9.90 Å². The van der Waals surface area contributed by atoms with Crippen LogP contribution in [0.25, 0.3) is 0 Å². The minimum Gasteiger partial charge on any atom is -0.508 e. The summed E-state index contributed by atoms with van der Waals surface area (Å²) in [4.78, 5) is 11.1. The predicted octanol–water partition coefficient (Wildman–Crippen LogP) is 2.76. The van der Waals surface area contributed by atoms with Crippen LogP contribution in [0.4, 0.5) is 5.69 Å². The van der Waals surface area contributed by atoms with Gasteiger partial charge in [0, 0.05) is 17.7 Å². The molecule has 0 unspecified atom stereocenters. The van der Waals surface area contributed by atoms with Crippen LogP contribution < -0.4 is 11.1 Å². The summed E-state index contributed by atoms with van der Waals surface area (Å²) < 4.78 is 0. The summed E-state index contributed by atoms with van der Waals surface area (Å²) >= 11 is 6.03. The van der Waals surface area contributed by atoms with E-state index in [-0.39, 0.29) is 5.75 Å². The quantitative estimate of drug-likeness (QED) is 0.804. The van der Waals surface area contributed by atoms with Crippen LogP contribution in [0.15, 0.2) is 42.5 Å². The molecule has 0 aliphatic heterocycles. The molecule has 0 heterocycles. The van der Waals surface area contributed by atoms with Gasteiger partial charge in [-0.2, -0.15) is 0 Å². The van der Waals surface area contributed by atoms with Gasteiger partial charge in [-0.25, -0.2) is 0 Å². The molecule has 0 aliphatic carbocycles. The zero-order valence-corrected chi connectivity index (χ0v) is 10.8. The van der Waals surface area contributed by atoms with Crippen LogP contribution in [-0.2, 0) is 6.54 Å². The number of benzene rings is 2. The van der Waals surface area contributed by atoms with E-state index in [0.29, 0.717) is 22.8 Å². The number of hydrogen-bond acceptors (Lipinski definition) is 3. The number of carbonyl (C=O) groups excluding carboxylic acids is 1. The highest BCUT2D eigenvalue weighted by molar-refractivity contribution is 6.33. The van der Waals surface area contributed by atoms with Crippen molar-refractivity contribution in [3.63, 3.8) is 0 Å². The van der Waals surface area contributed by atoms with E-state index < -0.39 is 5.91 Å². The molecule has 0 fully saturated rings. The Labute approximate surface area is 115 Å². The molecule has 0 atom stereocenters. The highest BCUT2D eigenvalue weighted by atomic mass is 35.5. The standard InChI is InChI=1S/C14H13ClN2O2/c15-11-6-5-9(14(16)19)7-12(11)17-8-10-3-1-2-4-13(10)18/h1-7,17-18H,8H2,(H2,16,19). The van der Waals surface area contributed by atoms with Crippen molar-refractivity contribution in [2.75, 3.05) is 5.32 Å². The molecule has 0 saturated carbocycles. The molecule has 0 aliphatic rings. The fourth-order valence-corrected chi connectivity index (χ4v) is 1.85. The summed E-state index contributed by atoms with van der Waals surface area (Å²) in [5.41, 5.74) is 6.93. The number of anilines is 1. The molecule has 0 saturated heterocycles. The smallest absolute Gasteiger partial charge is 0.248 e. The van der Waals surface area contributed by atoms with Crippen LogP contribution in [-0.4, -0.2) is 11.0 Å². The number of para-hydroxylation sites is 1. The molecular formula is C14H13ClN2O2. The van der Waals surface area contributed by atoms with Crippen LogP contribution in [0.3, 0.4) is 0 Å². The molecule has 0 aromatic heterocycles. The largest absolute Gasteiger partial charge is 0.508 e. The second kappa shape index (κ2) is 5.63. The van der Waals surface area contributed by atoms with E-state index in [9.17, 15) is 9.90 Å². The van der Waals surface area contributed by atoms with Crippen molar-refractivity contribution >= 4 is 23.2 Å². The van der Waals surface area contributed by atoms with Gasteiger partial charge in [-0.1, -0.05) is 29.8 Å². The number of nitrogens with one attached hydrogen (secondary N) is 1. The first kappa shape index (κ1) is 13.2. The van der Waals surface area contributed by atoms with E-state index in [2.05, 4.69) is 5.32 Å². The van der Waals surface area contributed by atoms with E-state index >= 15 is 0 Å². The summed E-state index contributed by atoms with van der Waals surface area (Å²) in [7, 11) is 0. The molecule has 19 heavy (non-hydrogen) atoms. The van der Waals surface area contributed by atoms with Gasteiger partial charge in [-0.05, 0) is 24.3 Å². The van der Waals surface area contributed by atoms with E-state index in [1.807, 2.05) is 6.07 Å². The lowest BCUT2D eigenvalue weighted by atomic mass is 10.1. The van der Waals surface area contributed by atoms with Gasteiger partial charge in [-0.15, -0.1) is 0 Å². The van der Waals surface area contributed by atoms with Gasteiger partial charge >= 0.3 is 0 Å². The number of halogens is 1. The van der Waals surface area contributed by atoms with Gasteiger partial charge in [0.2, 0.25) is 5.91 Å². The number of phenolic OH excluding ortho intramolecular Hbond substituents is 1. The van der Waals surface area contributed by atoms with Crippen LogP contribution in [0, 0.1) is 0 Å². The van der Waals surface area contributed by atoms with Gasteiger partial charge < -0.3 is 16.2 Å². The first-order valence-corrected chi connectivity index (χ1v) is 6.06. The number of phenols is 1. The lowest BCUT2D eigenvalue weighted by Gasteiger charge is -2.10. The van der Waals surface area contributed by atoms with Crippen molar-refractivity contribution in [3.8, 4) is 5.75 Å². The van der Waals surface area contributed by atoms with E-state index in [1.165, 1.54) is 0 Å². The first-order chi connectivity index (χ1) is 9.08. The number of hydrogen-bond donors (Lipinski definition) is 3. The third kappa shape index (κ3) is 3.17. The van der Waals surface area contributed by atoms with E-state index in [0.717, 1.165) is 5.56 Å². The summed E-state index contributed by atoms with van der Waals surface area (Å²) in [6.07, 6.45) is 0. The number of rotatable bonds is 4. The molecule has 0 bridgehead atoms. The Morgan fingerprint density at radius 2 is 2.00 bits per heavy atom. The Morgan fingerprint density at radius 1 is 1.26 bits per heavy atom. The minimum absolute atomic E-state index is 0.206. The van der Waals surface area contributed by atoms with Gasteiger partial charge in [0.1, 0.15) is 5.75 Å². The molecule has 2 aromatic rings. The first-order valence-electron chi connectivity index (χ1n) is 5.68. The second-order valence-electron chi connectivity index (χ2n) is 4.04. The SMILES string of the molecule is NC(=O)c1ccc(Cl)c(NCc2ccccc2O)c1. The zero-order valence-electron chi connectivity index (χ0n) is 10.1. The maximum absolute atomic E-state index is 11.1. The third-order valence-electron chi connectivity index (χ3n) is 2.71. The Morgan fingerprint density at radius 3 is 2.68 bits per heavy atom. The van der Waals surface area contributed by atoms with Crippen molar-refractivity contribution in [3.05, 3.63) is 58.6 Å². The normalized spacial score (nSPS) is 10.2. The number of nitrogens with two attached hydrogens (primary N) is 1. The van der Waals surface area contributed by atoms with Crippen molar-refractivity contribution in [1.82, 2.24) is 0 Å². The van der Waals surface area contributed by atoms with Crippen LogP contribution in [0.5, 0.6) is 5.75 Å². The number of aromatic hydroxyl groups is 1. The van der Waals surface area contributed by atoms with Gasteiger partial charge in [0.15, 0.2) is 0 Å². The molecule has 4 N–H and O–H groups in total. The Bertz CT molecular complexity index is 614. The van der Waals surface area contributed by atoms with Gasteiger partial charge in [0.05, 0.1) is 10.7 Å². The maximum atomic E-state index is 11.1. The molecule has 98 valence electrons. The monoisotopic (exact) mass is 276 g/mol. The Kier molecular flexibility index (Phi) is 3.92. The highest BCUT2D eigenvalue weighted by Gasteiger charge is 2.06. The minimum atomic E-state index is -0.512. The fourth-order valence-electron chi connectivity index (χ4n) is 1.66. The van der Waals surface area contributed by atoms with E-state index in [1.54, 1.807) is 36.4 Å². The number of amides is 1. The summed E-state index contributed by atoms with van der Waals surface area (Å²) in [5, 5.41) is 13.2. The van der Waals surface area contributed by atoms with Crippen LogP contribution in [0.2, 0.25) is 5.02 Å². The average molecular weight is 277 g/mol. The topological polar surface area (TPSA) is 75.4 Å². The fraction of sp³-hybridized carbons (Fsp3) is 0.0714. The lowest BCUT2D eigenvalue weighted by Crippen LogP contribution is -2.11. The lowest BCUT2D eigenvalue weighted by molar-refractivity contribution is 0.100. The molecule has 2 aromatic carbocycles. The Hall–Kier alpha value is -2.20. The molecular weight excluding hydrogens is 264 g/mol. The third-order valence-corrected chi connectivity index (χ3v) is 3.04. The predicted molar refractivity (Wildman–Crippen MR) is 75.4 cm³/mol. The molecule has 1 amide bonds. The molecule has 2 rings (SSSR count). The summed E-state index contributed by atoms with van der Waals surface area (Å²) in [6.45, 7) is 0.397. The molecule has 5 heteroatoms. The summed E-state index contributed by atoms with van der Waals surface area (Å²) in [5.74, 6) is -0.306. The average Bonchev–Trinajstić information content (AvgIpc) is 2.39. The van der Waals surface area contributed by atoms with Gasteiger partial charge in [-0.3, -0.25) is 4.79 Å². The maximum Gasteiger partial charge on any atom is 0.248 e. The second-order valence-corrected chi connectivity index (χ2v) is 4.45. The summed E-state index contributed by atoms with van der Waals surface area (Å²) in [6, 6.07) is 11.7. The van der Waals surface area contributed by atoms with E-state index in [4.69, 9.17) is 17.3 Å². The molecule has 0 radical (unpaired) electrons. The molecule has 0 spiro atoms. The van der Waals surface area contributed by atoms with Crippen LogP contribution in [0.1, 0.15) is 15.9 Å². The Balaban J connectivity index is 2.17. The number of primary amides is 1. The van der Waals surface area contributed by atoms with Crippen LogP contribution >= 0.6 is 11.6 Å².